The van der Waals surface area contributed by atoms with Gasteiger partial charge in [0.2, 0.25) is 0 Å². The summed E-state index contributed by atoms with van der Waals surface area (Å²) < 4.78 is 5.94. The lowest BCUT2D eigenvalue weighted by Gasteiger charge is -2.58. The first kappa shape index (κ1) is 23.8. The minimum Gasteiger partial charge on any atom is -0.394 e. The van der Waals surface area contributed by atoms with Crippen LogP contribution in [0.15, 0.2) is 11.6 Å². The Morgan fingerprint density at radius 2 is 1.84 bits per heavy atom. The summed E-state index contributed by atoms with van der Waals surface area (Å²) in [6, 6.07) is 0. The van der Waals surface area contributed by atoms with E-state index in [1.54, 1.807) is 5.57 Å². The molecular weight excluding hydrogens is 380 g/mol. The van der Waals surface area contributed by atoms with Gasteiger partial charge in [0.25, 0.3) is 0 Å². The van der Waals surface area contributed by atoms with E-state index in [1.165, 1.54) is 64.2 Å². The van der Waals surface area contributed by atoms with Crippen molar-refractivity contribution in [3.63, 3.8) is 0 Å². The van der Waals surface area contributed by atoms with E-state index in [0.29, 0.717) is 23.5 Å². The highest BCUT2D eigenvalue weighted by molar-refractivity contribution is 5.25. The Kier molecular flexibility index (Phi) is 7.29. The van der Waals surface area contributed by atoms with Crippen molar-refractivity contribution in [2.45, 2.75) is 111 Å². The van der Waals surface area contributed by atoms with Crippen LogP contribution < -0.4 is 0 Å². The van der Waals surface area contributed by atoms with Crippen molar-refractivity contribution < 1.29 is 9.84 Å². The maximum absolute atomic E-state index is 9.14. The topological polar surface area (TPSA) is 29.5 Å². The van der Waals surface area contributed by atoms with Crippen molar-refractivity contribution in [2.24, 2.45) is 46.3 Å². The molecule has 0 aliphatic heterocycles. The third-order valence-electron chi connectivity index (χ3n) is 10.7. The largest absolute Gasteiger partial charge is 0.394 e. The molecular formula is C29H50O2. The van der Waals surface area contributed by atoms with Gasteiger partial charge in [0.1, 0.15) is 0 Å². The molecule has 0 radical (unpaired) electrons. The van der Waals surface area contributed by atoms with E-state index in [0.717, 1.165) is 41.9 Å². The second-order valence-corrected chi connectivity index (χ2v) is 12.7. The van der Waals surface area contributed by atoms with E-state index in [2.05, 4.69) is 40.7 Å². The predicted octanol–water partition coefficient (Wildman–Crippen LogP) is 7.41. The van der Waals surface area contributed by atoms with E-state index >= 15 is 0 Å². The highest BCUT2D eigenvalue weighted by atomic mass is 16.5. The Bertz CT molecular complexity index is 639. The van der Waals surface area contributed by atoms with Crippen LogP contribution in [0.4, 0.5) is 0 Å². The molecule has 8 atom stereocenters. The number of fused-ring (bicyclic) bond motifs is 5. The molecule has 0 bridgehead atoms. The van der Waals surface area contributed by atoms with Gasteiger partial charge in [-0.25, -0.2) is 0 Å². The molecule has 4 aliphatic carbocycles. The molecule has 31 heavy (non-hydrogen) atoms. The number of rotatable bonds is 8. The molecule has 0 aromatic rings. The van der Waals surface area contributed by atoms with Crippen molar-refractivity contribution in [1.29, 1.82) is 0 Å². The zero-order valence-corrected chi connectivity index (χ0v) is 21.2. The number of allylic oxidation sites excluding steroid dienone is 1. The molecule has 4 rings (SSSR count). The first-order valence-corrected chi connectivity index (χ1v) is 13.7. The van der Waals surface area contributed by atoms with Gasteiger partial charge >= 0.3 is 0 Å². The number of aliphatic hydroxyl groups is 1. The highest BCUT2D eigenvalue weighted by Gasteiger charge is 2.59. The zero-order chi connectivity index (χ0) is 22.2. The molecule has 1 N–H and O–H groups in total. The van der Waals surface area contributed by atoms with Crippen molar-refractivity contribution in [2.75, 3.05) is 13.2 Å². The molecule has 3 fully saturated rings. The smallest absolute Gasteiger partial charge is 0.0701 e. The first-order valence-electron chi connectivity index (χ1n) is 13.7. The quantitative estimate of drug-likeness (QED) is 0.406. The zero-order valence-electron chi connectivity index (χ0n) is 21.2. The van der Waals surface area contributed by atoms with Gasteiger partial charge in [0.15, 0.2) is 0 Å². The summed E-state index contributed by atoms with van der Waals surface area (Å²) in [6.07, 6.45) is 18.0. The molecule has 2 nitrogen and oxygen atoms in total. The predicted molar refractivity (Wildman–Crippen MR) is 130 cm³/mol. The Morgan fingerprint density at radius 3 is 2.58 bits per heavy atom. The molecule has 3 saturated carbocycles. The van der Waals surface area contributed by atoms with Crippen molar-refractivity contribution in [3.8, 4) is 0 Å². The fourth-order valence-electron chi connectivity index (χ4n) is 9.01. The lowest BCUT2D eigenvalue weighted by molar-refractivity contribution is -0.0658. The number of aliphatic hydroxyl groups excluding tert-OH is 1. The Morgan fingerprint density at radius 1 is 1.03 bits per heavy atom. The minimum absolute atomic E-state index is 0.148. The summed E-state index contributed by atoms with van der Waals surface area (Å²) in [6.45, 7) is 13.3. The lowest BCUT2D eigenvalue weighted by Crippen LogP contribution is -2.51. The second-order valence-electron chi connectivity index (χ2n) is 12.7. The van der Waals surface area contributed by atoms with E-state index in [4.69, 9.17) is 9.84 Å². The van der Waals surface area contributed by atoms with Crippen LogP contribution >= 0.6 is 0 Å². The van der Waals surface area contributed by atoms with Gasteiger partial charge in [-0.05, 0) is 97.7 Å². The molecule has 0 aromatic carbocycles. The second kappa shape index (κ2) is 9.49. The molecule has 0 unspecified atom stereocenters. The summed E-state index contributed by atoms with van der Waals surface area (Å²) >= 11 is 0. The molecule has 0 spiro atoms. The maximum atomic E-state index is 9.14. The summed E-state index contributed by atoms with van der Waals surface area (Å²) in [5.41, 5.74) is 2.69. The van der Waals surface area contributed by atoms with Gasteiger partial charge in [0, 0.05) is 0 Å². The Hall–Kier alpha value is -0.340. The molecule has 178 valence electrons. The third-order valence-corrected chi connectivity index (χ3v) is 10.7. The van der Waals surface area contributed by atoms with Crippen molar-refractivity contribution in [3.05, 3.63) is 11.6 Å². The number of hydrogen-bond acceptors (Lipinski definition) is 2. The lowest BCUT2D eigenvalue weighted by atomic mass is 9.47. The summed E-state index contributed by atoms with van der Waals surface area (Å²) in [5, 5.41) is 9.14. The van der Waals surface area contributed by atoms with E-state index < -0.39 is 0 Å². The van der Waals surface area contributed by atoms with Gasteiger partial charge < -0.3 is 9.84 Å². The Balaban J connectivity index is 1.45. The SMILES string of the molecule is CC(C)CCC[C@H](C)[C@@H]1CC[C@H]2[C@H]3CC=C4C[C@@H](OCCO)CC[C@]4(C)[C@@H]3CC[C@@]21C. The van der Waals surface area contributed by atoms with Crippen LogP contribution in [0.5, 0.6) is 0 Å². The summed E-state index contributed by atoms with van der Waals surface area (Å²) in [4.78, 5) is 0. The van der Waals surface area contributed by atoms with E-state index in [1.807, 2.05) is 0 Å². The molecule has 0 amide bonds. The number of ether oxygens (including phenoxy) is 1. The maximum Gasteiger partial charge on any atom is 0.0701 e. The summed E-state index contributed by atoms with van der Waals surface area (Å²) in [5.74, 6) is 5.44. The van der Waals surface area contributed by atoms with Crippen LogP contribution in [0.1, 0.15) is 105 Å². The normalized spacial score (nSPS) is 43.2. The third kappa shape index (κ3) is 4.42. The van der Waals surface area contributed by atoms with Crippen LogP contribution in [-0.4, -0.2) is 24.4 Å². The van der Waals surface area contributed by atoms with Gasteiger partial charge in [-0.2, -0.15) is 0 Å². The number of hydrogen-bond donors (Lipinski definition) is 1. The van der Waals surface area contributed by atoms with Gasteiger partial charge in [0.05, 0.1) is 19.3 Å². The van der Waals surface area contributed by atoms with Crippen LogP contribution in [0.3, 0.4) is 0 Å². The minimum atomic E-state index is 0.148. The van der Waals surface area contributed by atoms with Crippen LogP contribution in [0, 0.1) is 46.3 Å². The molecule has 2 heteroatoms. The van der Waals surface area contributed by atoms with Crippen LogP contribution in [0.2, 0.25) is 0 Å². The van der Waals surface area contributed by atoms with Crippen molar-refractivity contribution >= 4 is 0 Å². The summed E-state index contributed by atoms with van der Waals surface area (Å²) in [7, 11) is 0. The Labute approximate surface area is 192 Å². The van der Waals surface area contributed by atoms with E-state index in [-0.39, 0.29) is 6.61 Å². The van der Waals surface area contributed by atoms with Crippen LogP contribution in [0.25, 0.3) is 0 Å². The molecule has 0 aromatic heterocycles. The van der Waals surface area contributed by atoms with E-state index in [9.17, 15) is 0 Å². The molecule has 0 saturated heterocycles. The van der Waals surface area contributed by atoms with Gasteiger partial charge in [-0.15, -0.1) is 0 Å². The van der Waals surface area contributed by atoms with Crippen LogP contribution in [-0.2, 0) is 4.74 Å². The average Bonchev–Trinajstić information content (AvgIpc) is 3.09. The molecule has 4 aliphatic rings. The fourth-order valence-corrected chi connectivity index (χ4v) is 9.01. The molecule has 0 heterocycles. The van der Waals surface area contributed by atoms with Crippen molar-refractivity contribution in [1.82, 2.24) is 0 Å². The first-order chi connectivity index (χ1) is 14.8. The fraction of sp³-hybridized carbons (Fsp3) is 0.931. The van der Waals surface area contributed by atoms with Gasteiger partial charge in [-0.1, -0.05) is 65.5 Å². The monoisotopic (exact) mass is 430 g/mol. The average molecular weight is 431 g/mol. The highest BCUT2D eigenvalue weighted by Crippen LogP contribution is 2.67. The van der Waals surface area contributed by atoms with Gasteiger partial charge in [-0.3, -0.25) is 0 Å². The standard InChI is InChI=1S/C29H50O2/c1-20(2)7-6-8-21(3)25-11-12-26-24-10-9-22-19-23(31-18-17-30)13-15-28(22,4)27(24)14-16-29(25,26)5/h9,20-21,23-27,30H,6-8,10-19H2,1-5H3/t21-,23-,24+,25-,26-,27+,28-,29+/m0/s1.